The van der Waals surface area contributed by atoms with Gasteiger partial charge < -0.3 is 15.0 Å². The summed E-state index contributed by atoms with van der Waals surface area (Å²) in [5.74, 6) is 0.0832. The van der Waals surface area contributed by atoms with Gasteiger partial charge in [-0.05, 0) is 68.1 Å². The molecule has 1 N–H and O–H groups in total. The van der Waals surface area contributed by atoms with E-state index < -0.39 is 6.04 Å². The van der Waals surface area contributed by atoms with Crippen molar-refractivity contribution in [3.63, 3.8) is 0 Å². The van der Waals surface area contributed by atoms with E-state index in [0.29, 0.717) is 27.8 Å². The van der Waals surface area contributed by atoms with Gasteiger partial charge in [-0.2, -0.15) is 0 Å². The second kappa shape index (κ2) is 12.8. The third kappa shape index (κ3) is 7.49. The largest absolute Gasteiger partial charge is 0.483 e. The molecule has 0 spiro atoms. The summed E-state index contributed by atoms with van der Waals surface area (Å²) in [5, 5.41) is 3.90. The molecular formula is C29H32Cl2N2O3. The topological polar surface area (TPSA) is 58.6 Å². The molecule has 0 bridgehead atoms. The van der Waals surface area contributed by atoms with E-state index in [-0.39, 0.29) is 31.0 Å². The van der Waals surface area contributed by atoms with Gasteiger partial charge in [0, 0.05) is 29.1 Å². The van der Waals surface area contributed by atoms with Crippen molar-refractivity contribution in [2.24, 2.45) is 0 Å². The number of carbonyl (C=O) groups is 2. The van der Waals surface area contributed by atoms with Gasteiger partial charge in [0.05, 0.1) is 0 Å². The lowest BCUT2D eigenvalue weighted by molar-refractivity contribution is -0.143. The first-order chi connectivity index (χ1) is 17.2. The molecule has 7 heteroatoms. The van der Waals surface area contributed by atoms with Crippen LogP contribution in [0.5, 0.6) is 5.75 Å². The summed E-state index contributed by atoms with van der Waals surface area (Å²) in [6, 6.07) is 19.6. The van der Waals surface area contributed by atoms with Crippen LogP contribution in [0, 0.1) is 13.8 Å². The Kier molecular flexibility index (Phi) is 9.80. The van der Waals surface area contributed by atoms with E-state index in [2.05, 4.69) is 5.32 Å². The fourth-order valence-corrected chi connectivity index (χ4v) is 4.34. The van der Waals surface area contributed by atoms with Crippen LogP contribution in [0.4, 0.5) is 0 Å². The molecule has 36 heavy (non-hydrogen) atoms. The number of nitrogens with zero attached hydrogens (tertiary/aromatic N) is 1. The maximum absolute atomic E-state index is 13.7. The first kappa shape index (κ1) is 27.6. The Balaban J connectivity index is 1.95. The summed E-state index contributed by atoms with van der Waals surface area (Å²) in [4.78, 5) is 28.6. The smallest absolute Gasteiger partial charge is 0.261 e. The predicted molar refractivity (Wildman–Crippen MR) is 146 cm³/mol. The highest BCUT2D eigenvalue weighted by Crippen LogP contribution is 2.25. The van der Waals surface area contributed by atoms with Crippen molar-refractivity contribution >= 4 is 35.0 Å². The molecule has 190 valence electrons. The lowest BCUT2D eigenvalue weighted by Crippen LogP contribution is -2.52. The van der Waals surface area contributed by atoms with Crippen LogP contribution in [-0.4, -0.2) is 35.4 Å². The molecule has 1 unspecified atom stereocenters. The molecule has 3 aromatic carbocycles. The molecule has 1 atom stereocenters. The lowest BCUT2D eigenvalue weighted by atomic mass is 10.0. The first-order valence-corrected chi connectivity index (χ1v) is 12.7. The van der Waals surface area contributed by atoms with Gasteiger partial charge in [0.2, 0.25) is 5.91 Å². The van der Waals surface area contributed by atoms with Crippen LogP contribution < -0.4 is 10.1 Å². The van der Waals surface area contributed by atoms with E-state index in [1.165, 1.54) is 0 Å². The molecule has 0 aliphatic heterocycles. The molecule has 0 radical (unpaired) electrons. The van der Waals surface area contributed by atoms with Gasteiger partial charge in [0.1, 0.15) is 11.8 Å². The number of rotatable bonds is 10. The van der Waals surface area contributed by atoms with Crippen LogP contribution in [0.3, 0.4) is 0 Å². The first-order valence-electron chi connectivity index (χ1n) is 11.9. The van der Waals surface area contributed by atoms with Crippen molar-refractivity contribution in [2.45, 2.75) is 52.7 Å². The van der Waals surface area contributed by atoms with Crippen LogP contribution in [0.1, 0.15) is 36.1 Å². The monoisotopic (exact) mass is 526 g/mol. The van der Waals surface area contributed by atoms with Gasteiger partial charge in [-0.1, -0.05) is 71.7 Å². The quantitative estimate of drug-likeness (QED) is 0.344. The van der Waals surface area contributed by atoms with Crippen LogP contribution in [0.2, 0.25) is 10.0 Å². The van der Waals surface area contributed by atoms with Gasteiger partial charge >= 0.3 is 0 Å². The van der Waals surface area contributed by atoms with Crippen LogP contribution >= 0.6 is 23.2 Å². The average Bonchev–Trinajstić information content (AvgIpc) is 2.83. The van der Waals surface area contributed by atoms with Crippen molar-refractivity contribution in [1.82, 2.24) is 10.2 Å². The van der Waals surface area contributed by atoms with E-state index in [1.807, 2.05) is 76.2 Å². The summed E-state index contributed by atoms with van der Waals surface area (Å²) in [6.07, 6.45) is 0.347. The molecular weight excluding hydrogens is 495 g/mol. The Morgan fingerprint density at radius 3 is 2.36 bits per heavy atom. The number of aryl methyl sites for hydroxylation is 1. The Morgan fingerprint density at radius 1 is 0.972 bits per heavy atom. The number of hydrogen-bond donors (Lipinski definition) is 1. The molecule has 0 aliphatic carbocycles. The number of benzene rings is 3. The van der Waals surface area contributed by atoms with Crippen molar-refractivity contribution in [3.05, 3.63) is 99.0 Å². The van der Waals surface area contributed by atoms with Crippen LogP contribution in [-0.2, 0) is 22.6 Å². The normalized spacial score (nSPS) is 11.8. The highest BCUT2D eigenvalue weighted by Gasteiger charge is 2.31. The molecule has 3 aromatic rings. The van der Waals surface area contributed by atoms with E-state index >= 15 is 0 Å². The Hall–Kier alpha value is -3.02. The highest BCUT2D eigenvalue weighted by atomic mass is 35.5. The molecule has 0 saturated carbocycles. The molecule has 0 heterocycles. The standard InChI is InChI=1S/C29H32Cl2N2O3/c1-19(2)32-29(35)26(15-22-10-6-5-7-11-22)33(17-23-13-14-24(30)16-25(23)31)28(34)18-36-27-12-8-9-20(3)21(27)4/h5-14,16,19,26H,15,17-18H2,1-4H3,(H,32,35). The minimum absolute atomic E-state index is 0.0851. The molecule has 5 nitrogen and oxygen atoms in total. The molecule has 0 aliphatic rings. The summed E-state index contributed by atoms with van der Waals surface area (Å²) in [7, 11) is 0. The van der Waals surface area contributed by atoms with Crippen molar-refractivity contribution in [2.75, 3.05) is 6.61 Å². The second-order valence-electron chi connectivity index (χ2n) is 9.11. The number of hydrogen-bond acceptors (Lipinski definition) is 3. The summed E-state index contributed by atoms with van der Waals surface area (Å²) < 4.78 is 5.93. The van der Waals surface area contributed by atoms with E-state index in [4.69, 9.17) is 27.9 Å². The Bertz CT molecular complexity index is 1200. The summed E-state index contributed by atoms with van der Waals surface area (Å²) in [6.45, 7) is 7.65. The summed E-state index contributed by atoms with van der Waals surface area (Å²) >= 11 is 12.6. The van der Waals surface area contributed by atoms with Gasteiger partial charge in [0.25, 0.3) is 5.91 Å². The minimum Gasteiger partial charge on any atom is -0.483 e. The van der Waals surface area contributed by atoms with E-state index in [1.54, 1.807) is 23.1 Å². The van der Waals surface area contributed by atoms with E-state index in [9.17, 15) is 9.59 Å². The zero-order chi connectivity index (χ0) is 26.2. The summed E-state index contributed by atoms with van der Waals surface area (Å²) in [5.41, 5.74) is 3.67. The van der Waals surface area contributed by atoms with Gasteiger partial charge in [-0.15, -0.1) is 0 Å². The van der Waals surface area contributed by atoms with Crippen molar-refractivity contribution in [3.8, 4) is 5.75 Å². The Morgan fingerprint density at radius 2 is 1.69 bits per heavy atom. The SMILES string of the molecule is Cc1cccc(OCC(=O)N(Cc2ccc(Cl)cc2Cl)C(Cc2ccccc2)C(=O)NC(C)C)c1C. The number of nitrogens with one attached hydrogen (secondary N) is 1. The molecule has 0 fully saturated rings. The van der Waals surface area contributed by atoms with Gasteiger partial charge in [-0.3, -0.25) is 9.59 Å². The zero-order valence-corrected chi connectivity index (χ0v) is 22.6. The van der Waals surface area contributed by atoms with Crippen molar-refractivity contribution in [1.29, 1.82) is 0 Å². The molecule has 0 aromatic heterocycles. The fraction of sp³-hybridized carbons (Fsp3) is 0.310. The number of amides is 2. The molecule has 0 saturated heterocycles. The van der Waals surface area contributed by atoms with Gasteiger partial charge in [-0.25, -0.2) is 0 Å². The second-order valence-corrected chi connectivity index (χ2v) is 9.96. The zero-order valence-electron chi connectivity index (χ0n) is 21.1. The van der Waals surface area contributed by atoms with E-state index in [0.717, 1.165) is 16.7 Å². The predicted octanol–water partition coefficient (Wildman–Crippen LogP) is 6.15. The number of halogens is 2. The number of carbonyl (C=O) groups excluding carboxylic acids is 2. The molecule has 2 amide bonds. The van der Waals surface area contributed by atoms with Gasteiger partial charge in [0.15, 0.2) is 6.61 Å². The Labute approximate surface area is 223 Å². The molecule has 3 rings (SSSR count). The lowest BCUT2D eigenvalue weighted by Gasteiger charge is -2.32. The maximum atomic E-state index is 13.7. The van der Waals surface area contributed by atoms with Crippen LogP contribution in [0.15, 0.2) is 66.7 Å². The minimum atomic E-state index is -0.767. The number of ether oxygens (including phenoxy) is 1. The average molecular weight is 527 g/mol. The third-order valence-electron chi connectivity index (χ3n) is 5.96. The third-order valence-corrected chi connectivity index (χ3v) is 6.55. The fourth-order valence-electron chi connectivity index (χ4n) is 3.87. The highest BCUT2D eigenvalue weighted by molar-refractivity contribution is 6.35. The van der Waals surface area contributed by atoms with Crippen molar-refractivity contribution < 1.29 is 14.3 Å². The maximum Gasteiger partial charge on any atom is 0.261 e. The van der Waals surface area contributed by atoms with Crippen LogP contribution in [0.25, 0.3) is 0 Å².